The van der Waals surface area contributed by atoms with Gasteiger partial charge >= 0.3 is 0 Å². The zero-order chi connectivity index (χ0) is 15.2. The minimum Gasteiger partial charge on any atom is -0.439 e. The highest BCUT2D eigenvalue weighted by atomic mass is 79.9. The lowest BCUT2D eigenvalue weighted by Gasteiger charge is -2.09. The van der Waals surface area contributed by atoms with Gasteiger partial charge in [0.25, 0.3) is 0 Å². The lowest BCUT2D eigenvalue weighted by Crippen LogP contribution is -2.19. The molecule has 1 N–H and O–H groups in total. The number of ether oxygens (including phenoxy) is 1. The Labute approximate surface area is 132 Å². The van der Waals surface area contributed by atoms with E-state index in [4.69, 9.17) is 4.74 Å². The maximum Gasteiger partial charge on any atom is 0.219 e. The molecule has 0 aliphatic heterocycles. The van der Waals surface area contributed by atoms with Gasteiger partial charge in [-0.15, -0.1) is 0 Å². The summed E-state index contributed by atoms with van der Waals surface area (Å²) in [5, 5.41) is 3.33. The van der Waals surface area contributed by atoms with Crippen LogP contribution in [-0.2, 0) is 6.54 Å². The van der Waals surface area contributed by atoms with Crippen molar-refractivity contribution in [3.63, 3.8) is 0 Å². The van der Waals surface area contributed by atoms with Crippen LogP contribution >= 0.6 is 15.9 Å². The van der Waals surface area contributed by atoms with Crippen LogP contribution in [0.1, 0.15) is 19.5 Å². The largest absolute Gasteiger partial charge is 0.439 e. The highest BCUT2D eigenvalue weighted by Crippen LogP contribution is 2.25. The van der Waals surface area contributed by atoms with Crippen LogP contribution in [-0.4, -0.2) is 11.5 Å². The van der Waals surface area contributed by atoms with Gasteiger partial charge in [0.1, 0.15) is 11.6 Å². The van der Waals surface area contributed by atoms with Crippen LogP contribution in [0.4, 0.5) is 4.39 Å². The van der Waals surface area contributed by atoms with Crippen LogP contribution in [0.3, 0.4) is 0 Å². The molecule has 0 fully saturated rings. The first kappa shape index (κ1) is 15.9. The maximum absolute atomic E-state index is 13.2. The van der Waals surface area contributed by atoms with Crippen molar-refractivity contribution in [2.75, 3.05) is 6.54 Å². The van der Waals surface area contributed by atoms with Crippen molar-refractivity contribution in [1.82, 2.24) is 10.3 Å². The summed E-state index contributed by atoms with van der Waals surface area (Å²) in [7, 11) is 0. The average molecular weight is 353 g/mol. The van der Waals surface area contributed by atoms with Crippen molar-refractivity contribution in [3.05, 3.63) is 52.4 Å². The average Bonchev–Trinajstić information content (AvgIpc) is 2.43. The lowest BCUT2D eigenvalue weighted by molar-refractivity contribution is 0.456. The zero-order valence-electron chi connectivity index (χ0n) is 12.1. The molecule has 0 spiro atoms. The van der Waals surface area contributed by atoms with Crippen LogP contribution in [0, 0.1) is 11.7 Å². The third-order valence-electron chi connectivity index (χ3n) is 2.75. The Morgan fingerprint density at radius 3 is 2.81 bits per heavy atom. The Bertz CT molecular complexity index is 605. The van der Waals surface area contributed by atoms with Gasteiger partial charge in [0.2, 0.25) is 5.88 Å². The van der Waals surface area contributed by atoms with Crippen molar-refractivity contribution in [2.24, 2.45) is 5.92 Å². The summed E-state index contributed by atoms with van der Waals surface area (Å²) in [5.41, 5.74) is 0.911. The van der Waals surface area contributed by atoms with Crippen molar-refractivity contribution in [1.29, 1.82) is 0 Å². The van der Waals surface area contributed by atoms with E-state index in [1.807, 2.05) is 12.1 Å². The highest BCUT2D eigenvalue weighted by Gasteiger charge is 2.04. The fourth-order valence-corrected chi connectivity index (χ4v) is 2.12. The van der Waals surface area contributed by atoms with Gasteiger partial charge in [-0.05, 0) is 52.7 Å². The maximum atomic E-state index is 13.2. The van der Waals surface area contributed by atoms with Crippen LogP contribution in [0.5, 0.6) is 11.6 Å². The SMILES string of the molecule is CC(C)CNCc1cccc(Oc2ccc(F)c(Br)c2)n1. The topological polar surface area (TPSA) is 34.1 Å². The number of nitrogens with one attached hydrogen (secondary N) is 1. The molecule has 2 aromatic rings. The van der Waals surface area contributed by atoms with E-state index in [1.54, 1.807) is 18.2 Å². The Morgan fingerprint density at radius 2 is 2.10 bits per heavy atom. The molecule has 5 heteroatoms. The molecular weight excluding hydrogens is 335 g/mol. The van der Waals surface area contributed by atoms with Crippen LogP contribution in [0.2, 0.25) is 0 Å². The molecular formula is C16H18BrFN2O. The van der Waals surface area contributed by atoms with Crippen LogP contribution in [0.15, 0.2) is 40.9 Å². The van der Waals surface area contributed by atoms with E-state index in [9.17, 15) is 4.39 Å². The molecule has 0 atom stereocenters. The third-order valence-corrected chi connectivity index (χ3v) is 3.36. The molecule has 1 aromatic carbocycles. The minimum absolute atomic E-state index is 0.318. The van der Waals surface area contributed by atoms with E-state index in [2.05, 4.69) is 40.1 Å². The highest BCUT2D eigenvalue weighted by molar-refractivity contribution is 9.10. The second kappa shape index (κ2) is 7.52. The van der Waals surface area contributed by atoms with Gasteiger partial charge in [0, 0.05) is 12.6 Å². The summed E-state index contributed by atoms with van der Waals surface area (Å²) in [6.45, 7) is 5.96. The summed E-state index contributed by atoms with van der Waals surface area (Å²) < 4.78 is 19.2. The second-order valence-electron chi connectivity index (χ2n) is 5.17. The standard InChI is InChI=1S/C16H18BrFN2O/c1-11(2)9-19-10-12-4-3-5-16(20-12)21-13-6-7-15(18)14(17)8-13/h3-8,11,19H,9-10H2,1-2H3. The van der Waals surface area contributed by atoms with Crippen LogP contribution in [0.25, 0.3) is 0 Å². The van der Waals surface area contributed by atoms with Gasteiger partial charge in [0.15, 0.2) is 0 Å². The predicted molar refractivity (Wildman–Crippen MR) is 85.0 cm³/mol. The van der Waals surface area contributed by atoms with E-state index >= 15 is 0 Å². The molecule has 0 amide bonds. The normalized spacial score (nSPS) is 10.9. The molecule has 3 nitrogen and oxygen atoms in total. The van der Waals surface area contributed by atoms with E-state index in [1.165, 1.54) is 6.07 Å². The summed E-state index contributed by atoms with van der Waals surface area (Å²) in [5.74, 6) is 1.32. The van der Waals surface area contributed by atoms with E-state index in [0.29, 0.717) is 28.6 Å². The van der Waals surface area contributed by atoms with Crippen molar-refractivity contribution in [3.8, 4) is 11.6 Å². The monoisotopic (exact) mass is 352 g/mol. The first-order chi connectivity index (χ1) is 10.0. The number of aromatic nitrogens is 1. The molecule has 2 rings (SSSR count). The quantitative estimate of drug-likeness (QED) is 0.829. The molecule has 1 aromatic heterocycles. The smallest absolute Gasteiger partial charge is 0.219 e. The Balaban J connectivity index is 2.01. The second-order valence-corrected chi connectivity index (χ2v) is 6.02. The van der Waals surface area contributed by atoms with E-state index in [-0.39, 0.29) is 5.82 Å². The number of hydrogen-bond acceptors (Lipinski definition) is 3. The predicted octanol–water partition coefficient (Wildman–Crippen LogP) is 4.52. The summed E-state index contributed by atoms with van der Waals surface area (Å²) in [4.78, 5) is 4.42. The molecule has 0 aliphatic rings. The summed E-state index contributed by atoms with van der Waals surface area (Å²) in [6, 6.07) is 10.1. The number of hydrogen-bond donors (Lipinski definition) is 1. The van der Waals surface area contributed by atoms with E-state index in [0.717, 1.165) is 12.2 Å². The summed E-state index contributed by atoms with van der Waals surface area (Å²) >= 11 is 3.14. The van der Waals surface area contributed by atoms with Crippen molar-refractivity contribution < 1.29 is 9.13 Å². The van der Waals surface area contributed by atoms with Crippen LogP contribution < -0.4 is 10.1 Å². The molecule has 112 valence electrons. The zero-order valence-corrected chi connectivity index (χ0v) is 13.7. The molecule has 0 bridgehead atoms. The molecule has 0 saturated heterocycles. The van der Waals surface area contributed by atoms with Crippen molar-refractivity contribution >= 4 is 15.9 Å². The summed E-state index contributed by atoms with van der Waals surface area (Å²) in [6.07, 6.45) is 0. The fourth-order valence-electron chi connectivity index (χ4n) is 1.76. The minimum atomic E-state index is -0.318. The molecule has 0 radical (unpaired) electrons. The molecule has 0 saturated carbocycles. The number of halogens is 2. The van der Waals surface area contributed by atoms with Gasteiger partial charge < -0.3 is 10.1 Å². The van der Waals surface area contributed by atoms with Gasteiger partial charge in [-0.3, -0.25) is 0 Å². The first-order valence-electron chi connectivity index (χ1n) is 6.84. The van der Waals surface area contributed by atoms with Gasteiger partial charge in [-0.1, -0.05) is 19.9 Å². The number of nitrogens with zero attached hydrogens (tertiary/aromatic N) is 1. The number of rotatable bonds is 6. The number of pyridine rings is 1. The van der Waals surface area contributed by atoms with Gasteiger partial charge in [-0.25, -0.2) is 9.37 Å². The molecule has 1 heterocycles. The Hall–Kier alpha value is -1.46. The Morgan fingerprint density at radius 1 is 1.29 bits per heavy atom. The third kappa shape index (κ3) is 5.10. The van der Waals surface area contributed by atoms with Gasteiger partial charge in [-0.2, -0.15) is 0 Å². The molecule has 0 aliphatic carbocycles. The first-order valence-corrected chi connectivity index (χ1v) is 7.63. The van der Waals surface area contributed by atoms with Gasteiger partial charge in [0.05, 0.1) is 10.2 Å². The Kier molecular flexibility index (Phi) is 5.70. The fraction of sp³-hybridized carbons (Fsp3) is 0.312. The van der Waals surface area contributed by atoms with Crippen molar-refractivity contribution in [2.45, 2.75) is 20.4 Å². The number of benzene rings is 1. The molecule has 0 unspecified atom stereocenters. The lowest BCUT2D eigenvalue weighted by atomic mass is 10.2. The van der Waals surface area contributed by atoms with E-state index < -0.39 is 0 Å². The molecule has 21 heavy (non-hydrogen) atoms.